The SMILES string of the molecule is CC(C)(C)c1cc(S(=O)(=O)S(=O)(=O)c2cc(C(C)(C)C)c(O)c(C(C)(C)C)c2)cc(C(C)(C)C)c1O. The Kier molecular flexibility index (Phi) is 7.34. The summed E-state index contributed by atoms with van der Waals surface area (Å²) >= 11 is 0. The molecule has 0 aliphatic heterocycles. The second-order valence-corrected chi connectivity index (χ2v) is 19.0. The molecule has 0 saturated heterocycles. The number of aromatic hydroxyl groups is 2. The lowest BCUT2D eigenvalue weighted by molar-refractivity contribution is 0.420. The highest BCUT2D eigenvalue weighted by Crippen LogP contribution is 2.44. The lowest BCUT2D eigenvalue weighted by Gasteiger charge is -2.29. The van der Waals surface area contributed by atoms with Crippen LogP contribution in [0.3, 0.4) is 0 Å². The van der Waals surface area contributed by atoms with Crippen LogP contribution in [0.2, 0.25) is 0 Å². The molecule has 0 radical (unpaired) electrons. The molecular weight excluding hydrogens is 496 g/mol. The highest BCUT2D eigenvalue weighted by Gasteiger charge is 2.39. The summed E-state index contributed by atoms with van der Waals surface area (Å²) < 4.78 is 55.2. The Balaban J connectivity index is 3.00. The maximum absolute atomic E-state index is 13.8. The van der Waals surface area contributed by atoms with Crippen LogP contribution in [0, 0.1) is 0 Å². The van der Waals surface area contributed by atoms with Crippen LogP contribution in [0.1, 0.15) is 105 Å². The molecule has 0 aliphatic carbocycles. The lowest BCUT2D eigenvalue weighted by Crippen LogP contribution is -2.23. The van der Waals surface area contributed by atoms with Gasteiger partial charge in [-0.2, -0.15) is 0 Å². The van der Waals surface area contributed by atoms with Crippen LogP contribution in [-0.2, 0) is 39.4 Å². The summed E-state index contributed by atoms with van der Waals surface area (Å²) in [6.45, 7) is 21.9. The maximum Gasteiger partial charge on any atom is 0.286 e. The van der Waals surface area contributed by atoms with E-state index in [9.17, 15) is 27.0 Å². The van der Waals surface area contributed by atoms with Crippen molar-refractivity contribution in [2.75, 3.05) is 0 Å². The van der Waals surface area contributed by atoms with Gasteiger partial charge in [0.25, 0.3) is 17.7 Å². The fourth-order valence-electron chi connectivity index (χ4n) is 4.04. The van der Waals surface area contributed by atoms with Crippen molar-refractivity contribution < 1.29 is 27.0 Å². The van der Waals surface area contributed by atoms with Crippen molar-refractivity contribution in [2.45, 2.75) is 115 Å². The Morgan fingerprint density at radius 2 is 0.611 bits per heavy atom. The summed E-state index contributed by atoms with van der Waals surface area (Å²) in [5, 5.41) is 22.0. The van der Waals surface area contributed by atoms with Gasteiger partial charge >= 0.3 is 0 Å². The standard InChI is InChI=1S/C28H42O6S2/c1-25(2,3)19-13-17(14-20(23(19)29)26(4,5)6)35(31,32)36(33,34)18-15-21(27(7,8)9)24(30)22(16-18)28(10,11)12/h13-16,29-30H,1-12H3. The molecule has 0 spiro atoms. The van der Waals surface area contributed by atoms with Crippen molar-refractivity contribution in [3.63, 3.8) is 0 Å². The minimum absolute atomic E-state index is 0.0407. The van der Waals surface area contributed by atoms with Crippen molar-refractivity contribution in [1.29, 1.82) is 0 Å². The van der Waals surface area contributed by atoms with Crippen molar-refractivity contribution in [3.05, 3.63) is 46.5 Å². The molecule has 2 rings (SSSR count). The molecule has 0 aromatic heterocycles. The Morgan fingerprint density at radius 1 is 0.444 bits per heavy atom. The van der Waals surface area contributed by atoms with E-state index in [4.69, 9.17) is 0 Å². The fraction of sp³-hybridized carbons (Fsp3) is 0.571. The van der Waals surface area contributed by atoms with E-state index >= 15 is 0 Å². The summed E-state index contributed by atoms with van der Waals surface area (Å²) in [5.41, 5.74) is -1.18. The molecule has 36 heavy (non-hydrogen) atoms. The summed E-state index contributed by atoms with van der Waals surface area (Å²) in [6.07, 6.45) is 0. The van der Waals surface area contributed by atoms with E-state index in [0.29, 0.717) is 22.3 Å². The number of rotatable bonds is 3. The predicted octanol–water partition coefficient (Wildman–Crippen LogP) is 6.45. The minimum Gasteiger partial charge on any atom is -0.507 e. The third-order valence-electron chi connectivity index (χ3n) is 6.27. The normalized spacial score (nSPS) is 14.2. The van der Waals surface area contributed by atoms with Gasteiger partial charge in [-0.3, -0.25) is 0 Å². The first-order valence-corrected chi connectivity index (χ1v) is 15.5. The predicted molar refractivity (Wildman–Crippen MR) is 145 cm³/mol. The van der Waals surface area contributed by atoms with Crippen LogP contribution >= 0.6 is 0 Å². The molecule has 0 heterocycles. The molecule has 6 nitrogen and oxygen atoms in total. The number of benzene rings is 2. The summed E-state index contributed by atoms with van der Waals surface area (Å²) in [5.74, 6) is -0.0814. The zero-order chi connectivity index (χ0) is 28.4. The maximum atomic E-state index is 13.8. The summed E-state index contributed by atoms with van der Waals surface area (Å²) in [7, 11) is -9.86. The third-order valence-corrected chi connectivity index (χ3v) is 11.4. The molecule has 0 bridgehead atoms. The number of hydrogen-bond donors (Lipinski definition) is 2. The van der Waals surface area contributed by atoms with Crippen molar-refractivity contribution >= 4 is 17.7 Å². The van der Waals surface area contributed by atoms with Crippen molar-refractivity contribution in [3.8, 4) is 11.5 Å². The zero-order valence-corrected chi connectivity index (χ0v) is 25.3. The van der Waals surface area contributed by atoms with Gasteiger partial charge < -0.3 is 10.2 Å². The van der Waals surface area contributed by atoms with Crippen LogP contribution in [0.25, 0.3) is 0 Å². The minimum atomic E-state index is -4.93. The fourth-order valence-corrected chi connectivity index (χ4v) is 7.70. The molecule has 202 valence electrons. The van der Waals surface area contributed by atoms with Gasteiger partial charge in [-0.15, -0.1) is 0 Å². The quantitative estimate of drug-likeness (QED) is 0.435. The Morgan fingerprint density at radius 3 is 0.750 bits per heavy atom. The van der Waals surface area contributed by atoms with E-state index in [1.165, 1.54) is 24.3 Å². The molecule has 0 aliphatic rings. The average Bonchev–Trinajstić information content (AvgIpc) is 2.63. The summed E-state index contributed by atoms with van der Waals surface area (Å²) in [6, 6.07) is 5.03. The van der Waals surface area contributed by atoms with Crippen LogP contribution < -0.4 is 0 Å². The van der Waals surface area contributed by atoms with Gasteiger partial charge in [-0.1, -0.05) is 83.1 Å². The third kappa shape index (κ3) is 5.44. The lowest BCUT2D eigenvalue weighted by atomic mass is 9.79. The van der Waals surface area contributed by atoms with Gasteiger partial charge in [0.1, 0.15) is 11.5 Å². The van der Waals surface area contributed by atoms with Crippen LogP contribution in [0.4, 0.5) is 0 Å². The molecule has 0 amide bonds. The smallest absolute Gasteiger partial charge is 0.286 e. The molecular formula is C28H42O6S2. The highest BCUT2D eigenvalue weighted by molar-refractivity contribution is 8.67. The van der Waals surface area contributed by atoms with E-state index < -0.39 is 49.2 Å². The number of phenols is 2. The topological polar surface area (TPSA) is 109 Å². The molecule has 2 aromatic rings. The van der Waals surface area contributed by atoms with E-state index in [1.807, 2.05) is 83.1 Å². The Bertz CT molecular complexity index is 1210. The van der Waals surface area contributed by atoms with E-state index in [1.54, 1.807) is 0 Å². The van der Waals surface area contributed by atoms with E-state index in [0.717, 1.165) is 0 Å². The first-order chi connectivity index (χ1) is 15.7. The Hall–Kier alpha value is -2.06. The zero-order valence-electron chi connectivity index (χ0n) is 23.7. The van der Waals surface area contributed by atoms with Gasteiger partial charge in [-0.05, 0) is 45.9 Å². The first-order valence-electron chi connectivity index (χ1n) is 12.0. The van der Waals surface area contributed by atoms with E-state index in [2.05, 4.69) is 0 Å². The average molecular weight is 539 g/mol. The van der Waals surface area contributed by atoms with Crippen LogP contribution in [0.15, 0.2) is 34.1 Å². The van der Waals surface area contributed by atoms with Gasteiger partial charge in [0, 0.05) is 22.3 Å². The van der Waals surface area contributed by atoms with Gasteiger partial charge in [0.2, 0.25) is 0 Å². The highest BCUT2D eigenvalue weighted by atomic mass is 33.2. The van der Waals surface area contributed by atoms with Gasteiger partial charge in [0.15, 0.2) is 0 Å². The van der Waals surface area contributed by atoms with Gasteiger partial charge in [-0.25, -0.2) is 16.8 Å². The largest absolute Gasteiger partial charge is 0.507 e. The number of hydrogen-bond acceptors (Lipinski definition) is 6. The second kappa shape index (κ2) is 8.76. The second-order valence-electron chi connectivity index (χ2n) is 13.6. The van der Waals surface area contributed by atoms with Gasteiger partial charge in [0.05, 0.1) is 9.79 Å². The van der Waals surface area contributed by atoms with Crippen LogP contribution in [0.5, 0.6) is 11.5 Å². The summed E-state index contributed by atoms with van der Waals surface area (Å²) in [4.78, 5) is -0.782. The molecule has 0 unspecified atom stereocenters. The molecule has 0 fully saturated rings. The monoisotopic (exact) mass is 538 g/mol. The van der Waals surface area contributed by atoms with Crippen molar-refractivity contribution in [1.82, 2.24) is 0 Å². The molecule has 2 N–H and O–H groups in total. The molecule has 0 atom stereocenters. The van der Waals surface area contributed by atoms with E-state index in [-0.39, 0.29) is 11.5 Å². The number of phenolic OH excluding ortho intramolecular Hbond substituents is 2. The van der Waals surface area contributed by atoms with Crippen molar-refractivity contribution in [2.24, 2.45) is 0 Å². The Labute approximate surface area is 217 Å². The molecule has 8 heteroatoms. The van der Waals surface area contributed by atoms with Crippen LogP contribution in [-0.4, -0.2) is 27.0 Å². The molecule has 2 aromatic carbocycles. The first kappa shape index (κ1) is 30.2. The molecule has 0 saturated carbocycles.